The monoisotopic (exact) mass is 397 g/mol. The Bertz CT molecular complexity index is 878. The maximum atomic E-state index is 12.8. The molecule has 0 bridgehead atoms. The van der Waals surface area contributed by atoms with Crippen molar-refractivity contribution in [3.63, 3.8) is 0 Å². The SMILES string of the molecule is COCCN(Cc1cccn1Cc1ccccc1)C(=O)Nc1ccc(Cl)cc1. The molecule has 1 N–H and O–H groups in total. The first kappa shape index (κ1) is 20.0. The number of benzene rings is 2. The lowest BCUT2D eigenvalue weighted by Gasteiger charge is -2.24. The summed E-state index contributed by atoms with van der Waals surface area (Å²) in [6.45, 7) is 2.21. The van der Waals surface area contributed by atoms with E-state index in [2.05, 4.69) is 22.0 Å². The van der Waals surface area contributed by atoms with Crippen molar-refractivity contribution in [3.8, 4) is 0 Å². The van der Waals surface area contributed by atoms with Crippen molar-refractivity contribution in [2.24, 2.45) is 0 Å². The highest BCUT2D eigenvalue weighted by molar-refractivity contribution is 6.30. The fraction of sp³-hybridized carbons (Fsp3) is 0.227. The van der Waals surface area contributed by atoms with Crippen LogP contribution in [0.4, 0.5) is 10.5 Å². The van der Waals surface area contributed by atoms with Gasteiger partial charge in [-0.3, -0.25) is 0 Å². The minimum Gasteiger partial charge on any atom is -0.383 e. The van der Waals surface area contributed by atoms with Gasteiger partial charge in [-0.1, -0.05) is 41.9 Å². The topological polar surface area (TPSA) is 46.5 Å². The summed E-state index contributed by atoms with van der Waals surface area (Å²) in [4.78, 5) is 14.6. The average molecular weight is 398 g/mol. The van der Waals surface area contributed by atoms with E-state index in [1.54, 1.807) is 36.3 Å². The summed E-state index contributed by atoms with van der Waals surface area (Å²) in [6, 6.07) is 21.2. The number of hydrogen-bond acceptors (Lipinski definition) is 2. The first-order valence-electron chi connectivity index (χ1n) is 9.14. The van der Waals surface area contributed by atoms with Crippen molar-refractivity contribution in [1.82, 2.24) is 9.47 Å². The molecule has 0 atom stereocenters. The lowest BCUT2D eigenvalue weighted by atomic mass is 10.2. The molecule has 0 aliphatic heterocycles. The fourth-order valence-electron chi connectivity index (χ4n) is 2.91. The highest BCUT2D eigenvalue weighted by atomic mass is 35.5. The highest BCUT2D eigenvalue weighted by Crippen LogP contribution is 2.15. The van der Waals surface area contributed by atoms with Crippen molar-refractivity contribution in [2.75, 3.05) is 25.6 Å². The van der Waals surface area contributed by atoms with E-state index in [-0.39, 0.29) is 6.03 Å². The molecule has 3 aromatic rings. The molecule has 0 saturated carbocycles. The van der Waals surface area contributed by atoms with Gasteiger partial charge in [0.2, 0.25) is 0 Å². The van der Waals surface area contributed by atoms with Crippen LogP contribution in [0.25, 0.3) is 0 Å². The molecule has 1 aromatic heterocycles. The first-order chi connectivity index (χ1) is 13.7. The number of methoxy groups -OCH3 is 1. The van der Waals surface area contributed by atoms with Gasteiger partial charge in [-0.15, -0.1) is 0 Å². The zero-order chi connectivity index (χ0) is 19.8. The maximum absolute atomic E-state index is 12.8. The number of hydrogen-bond donors (Lipinski definition) is 1. The van der Waals surface area contributed by atoms with Crippen LogP contribution in [-0.2, 0) is 17.8 Å². The molecule has 146 valence electrons. The van der Waals surface area contributed by atoms with Crippen molar-refractivity contribution < 1.29 is 9.53 Å². The van der Waals surface area contributed by atoms with Gasteiger partial charge in [-0.2, -0.15) is 0 Å². The van der Waals surface area contributed by atoms with Gasteiger partial charge in [0.15, 0.2) is 0 Å². The molecule has 0 aliphatic carbocycles. The molecule has 3 rings (SSSR count). The number of carbonyl (C=O) groups excluding carboxylic acids is 1. The second kappa shape index (κ2) is 9.97. The molecule has 0 radical (unpaired) electrons. The second-order valence-corrected chi connectivity index (χ2v) is 6.90. The molecular formula is C22H24ClN3O2. The van der Waals surface area contributed by atoms with Crippen LogP contribution in [-0.4, -0.2) is 35.8 Å². The van der Waals surface area contributed by atoms with Crippen LogP contribution in [0.1, 0.15) is 11.3 Å². The number of ether oxygens (including phenoxy) is 1. The molecule has 1 heterocycles. The van der Waals surface area contributed by atoms with Crippen molar-refractivity contribution >= 4 is 23.3 Å². The van der Waals surface area contributed by atoms with E-state index in [4.69, 9.17) is 16.3 Å². The third-order valence-corrected chi connectivity index (χ3v) is 4.67. The summed E-state index contributed by atoms with van der Waals surface area (Å²) in [5.41, 5.74) is 2.98. The van der Waals surface area contributed by atoms with E-state index >= 15 is 0 Å². The summed E-state index contributed by atoms with van der Waals surface area (Å²) in [6.07, 6.45) is 2.04. The van der Waals surface area contributed by atoms with Gasteiger partial charge in [0.25, 0.3) is 0 Å². The normalized spacial score (nSPS) is 10.6. The Hall–Kier alpha value is -2.76. The molecule has 6 heteroatoms. The number of halogens is 1. The molecule has 0 saturated heterocycles. The lowest BCUT2D eigenvalue weighted by molar-refractivity contribution is 0.152. The quantitative estimate of drug-likeness (QED) is 0.589. The molecule has 0 aliphatic rings. The van der Waals surface area contributed by atoms with Crippen LogP contribution in [0.15, 0.2) is 72.9 Å². The predicted octanol–water partition coefficient (Wildman–Crippen LogP) is 4.87. The maximum Gasteiger partial charge on any atom is 0.322 e. The van der Waals surface area contributed by atoms with Gasteiger partial charge in [0, 0.05) is 42.8 Å². The molecule has 2 amide bonds. The summed E-state index contributed by atoms with van der Waals surface area (Å²) in [5, 5.41) is 3.56. The summed E-state index contributed by atoms with van der Waals surface area (Å²) in [5.74, 6) is 0. The number of nitrogens with zero attached hydrogens (tertiary/aromatic N) is 2. The van der Waals surface area contributed by atoms with Gasteiger partial charge in [-0.05, 0) is 42.0 Å². The number of carbonyl (C=O) groups is 1. The molecular weight excluding hydrogens is 374 g/mol. The van der Waals surface area contributed by atoms with Gasteiger partial charge in [0.05, 0.1) is 13.2 Å². The Morgan fingerprint density at radius 2 is 1.82 bits per heavy atom. The van der Waals surface area contributed by atoms with E-state index in [0.29, 0.717) is 30.4 Å². The van der Waals surface area contributed by atoms with Crippen LogP contribution in [0.2, 0.25) is 5.02 Å². The zero-order valence-corrected chi connectivity index (χ0v) is 16.6. The van der Waals surface area contributed by atoms with Crippen LogP contribution < -0.4 is 5.32 Å². The standard InChI is InChI=1S/C22H24ClN3O2/c1-28-15-14-26(22(27)24-20-11-9-19(23)10-12-20)17-21-8-5-13-25(21)16-18-6-3-2-4-7-18/h2-13H,14-17H2,1H3,(H,24,27). The summed E-state index contributed by atoms with van der Waals surface area (Å²) in [7, 11) is 1.63. The average Bonchev–Trinajstić information content (AvgIpc) is 3.14. The van der Waals surface area contributed by atoms with Gasteiger partial charge in [-0.25, -0.2) is 4.79 Å². The Balaban J connectivity index is 1.71. The molecule has 0 fully saturated rings. The molecule has 0 unspecified atom stereocenters. The first-order valence-corrected chi connectivity index (χ1v) is 9.52. The Labute approximate surface area is 170 Å². The largest absolute Gasteiger partial charge is 0.383 e. The third kappa shape index (κ3) is 5.62. The van der Waals surface area contributed by atoms with Crippen molar-refractivity contribution in [2.45, 2.75) is 13.1 Å². The van der Waals surface area contributed by atoms with E-state index in [9.17, 15) is 4.79 Å². The summed E-state index contributed by atoms with van der Waals surface area (Å²) >= 11 is 5.92. The van der Waals surface area contributed by atoms with Crippen molar-refractivity contribution in [1.29, 1.82) is 0 Å². The highest BCUT2D eigenvalue weighted by Gasteiger charge is 2.16. The summed E-state index contributed by atoms with van der Waals surface area (Å²) < 4.78 is 7.35. The molecule has 5 nitrogen and oxygen atoms in total. The van der Waals surface area contributed by atoms with Gasteiger partial charge in [0.1, 0.15) is 0 Å². The Morgan fingerprint density at radius 3 is 2.54 bits per heavy atom. The number of urea groups is 1. The minimum absolute atomic E-state index is 0.174. The van der Waals surface area contributed by atoms with Crippen LogP contribution in [0, 0.1) is 0 Å². The Morgan fingerprint density at radius 1 is 1.07 bits per heavy atom. The van der Waals surface area contributed by atoms with E-state index in [1.807, 2.05) is 36.5 Å². The smallest absolute Gasteiger partial charge is 0.322 e. The number of rotatable bonds is 8. The van der Waals surface area contributed by atoms with Crippen LogP contribution in [0.5, 0.6) is 0 Å². The number of amides is 2. The number of aromatic nitrogens is 1. The van der Waals surface area contributed by atoms with E-state index < -0.39 is 0 Å². The van der Waals surface area contributed by atoms with E-state index in [1.165, 1.54) is 5.56 Å². The Kier molecular flexibility index (Phi) is 7.12. The third-order valence-electron chi connectivity index (χ3n) is 4.42. The van der Waals surface area contributed by atoms with Crippen molar-refractivity contribution in [3.05, 3.63) is 89.2 Å². The number of anilines is 1. The lowest BCUT2D eigenvalue weighted by Crippen LogP contribution is -2.37. The molecule has 2 aromatic carbocycles. The predicted molar refractivity (Wildman–Crippen MR) is 113 cm³/mol. The fourth-order valence-corrected chi connectivity index (χ4v) is 3.04. The molecule has 28 heavy (non-hydrogen) atoms. The second-order valence-electron chi connectivity index (χ2n) is 6.46. The van der Waals surface area contributed by atoms with Crippen LogP contribution in [0.3, 0.4) is 0 Å². The van der Waals surface area contributed by atoms with Crippen LogP contribution >= 0.6 is 11.6 Å². The number of nitrogens with one attached hydrogen (secondary N) is 1. The van der Waals surface area contributed by atoms with Gasteiger partial charge < -0.3 is 19.5 Å². The minimum atomic E-state index is -0.174. The zero-order valence-electron chi connectivity index (χ0n) is 15.8. The van der Waals surface area contributed by atoms with E-state index in [0.717, 1.165) is 12.2 Å². The van der Waals surface area contributed by atoms with Gasteiger partial charge >= 0.3 is 6.03 Å². The molecule has 0 spiro atoms.